The Balaban J connectivity index is 1.41. The van der Waals surface area contributed by atoms with Gasteiger partial charge in [0.1, 0.15) is 5.65 Å². The number of imidazole rings is 1. The van der Waals surface area contributed by atoms with Gasteiger partial charge in [0.05, 0.1) is 5.69 Å². The van der Waals surface area contributed by atoms with Gasteiger partial charge < -0.3 is 10.2 Å². The van der Waals surface area contributed by atoms with Gasteiger partial charge >= 0.3 is 0 Å². The van der Waals surface area contributed by atoms with Gasteiger partial charge in [0.15, 0.2) is 5.15 Å². The Labute approximate surface area is 163 Å². The Bertz CT molecular complexity index is 967. The SMILES string of the molecule is O=C(/C=C/c1c(Cl)nc2ccccn12)NC1CCCN(c2ccccc2)C1. The first-order valence-electron chi connectivity index (χ1n) is 9.12. The van der Waals surface area contributed by atoms with Gasteiger partial charge in [-0.3, -0.25) is 9.20 Å². The highest BCUT2D eigenvalue weighted by Crippen LogP contribution is 2.20. The molecule has 0 aliphatic carbocycles. The molecule has 4 rings (SSSR count). The Morgan fingerprint density at radius 1 is 1.19 bits per heavy atom. The van der Waals surface area contributed by atoms with Crippen molar-refractivity contribution >= 4 is 34.9 Å². The van der Waals surface area contributed by atoms with E-state index in [0.717, 1.165) is 31.6 Å². The summed E-state index contributed by atoms with van der Waals surface area (Å²) in [5.41, 5.74) is 2.66. The molecule has 0 bridgehead atoms. The van der Waals surface area contributed by atoms with E-state index in [4.69, 9.17) is 11.6 Å². The van der Waals surface area contributed by atoms with Crippen LogP contribution in [0.1, 0.15) is 18.5 Å². The quantitative estimate of drug-likeness (QED) is 0.700. The van der Waals surface area contributed by atoms with Gasteiger partial charge in [-0.1, -0.05) is 35.9 Å². The Hall–Kier alpha value is -2.79. The molecule has 1 aromatic carbocycles. The summed E-state index contributed by atoms with van der Waals surface area (Å²) >= 11 is 6.21. The van der Waals surface area contributed by atoms with Crippen LogP contribution in [0.25, 0.3) is 11.7 Å². The number of nitrogens with one attached hydrogen (secondary N) is 1. The third-order valence-electron chi connectivity index (χ3n) is 4.80. The number of pyridine rings is 1. The monoisotopic (exact) mass is 380 g/mol. The number of halogens is 1. The lowest BCUT2D eigenvalue weighted by Crippen LogP contribution is -2.47. The van der Waals surface area contributed by atoms with Crippen molar-refractivity contribution in [1.82, 2.24) is 14.7 Å². The van der Waals surface area contributed by atoms with Gasteiger partial charge in [-0.25, -0.2) is 4.98 Å². The average Bonchev–Trinajstić information content (AvgIpc) is 3.02. The first-order valence-corrected chi connectivity index (χ1v) is 9.49. The highest BCUT2D eigenvalue weighted by Gasteiger charge is 2.21. The largest absolute Gasteiger partial charge is 0.369 e. The van der Waals surface area contributed by atoms with Crippen molar-refractivity contribution < 1.29 is 4.79 Å². The number of para-hydroxylation sites is 1. The van der Waals surface area contributed by atoms with Crippen molar-refractivity contribution in [3.05, 3.63) is 71.7 Å². The van der Waals surface area contributed by atoms with Crippen LogP contribution >= 0.6 is 11.6 Å². The summed E-state index contributed by atoms with van der Waals surface area (Å²) in [5, 5.41) is 3.50. The highest BCUT2D eigenvalue weighted by atomic mass is 35.5. The van der Waals surface area contributed by atoms with Crippen LogP contribution in [-0.4, -0.2) is 34.4 Å². The summed E-state index contributed by atoms with van der Waals surface area (Å²) in [6, 6.07) is 16.1. The molecular formula is C21H21ClN4O. The smallest absolute Gasteiger partial charge is 0.244 e. The zero-order chi connectivity index (χ0) is 18.6. The molecule has 1 fully saturated rings. The van der Waals surface area contributed by atoms with Crippen molar-refractivity contribution in [2.75, 3.05) is 18.0 Å². The fourth-order valence-electron chi connectivity index (χ4n) is 3.51. The number of carbonyl (C=O) groups is 1. The number of benzene rings is 1. The molecule has 3 heterocycles. The number of fused-ring (bicyclic) bond motifs is 1. The van der Waals surface area contributed by atoms with E-state index in [-0.39, 0.29) is 11.9 Å². The Morgan fingerprint density at radius 2 is 2.00 bits per heavy atom. The summed E-state index contributed by atoms with van der Waals surface area (Å²) in [5.74, 6) is -0.114. The lowest BCUT2D eigenvalue weighted by atomic mass is 10.0. The third kappa shape index (κ3) is 3.98. The van der Waals surface area contributed by atoms with Gasteiger partial charge in [0.2, 0.25) is 5.91 Å². The molecule has 2 aromatic heterocycles. The topological polar surface area (TPSA) is 49.6 Å². The minimum absolute atomic E-state index is 0.114. The molecule has 5 nitrogen and oxygen atoms in total. The molecule has 1 atom stereocenters. The zero-order valence-electron chi connectivity index (χ0n) is 14.9. The number of piperidine rings is 1. The van der Waals surface area contributed by atoms with Crippen LogP contribution in [-0.2, 0) is 4.79 Å². The summed E-state index contributed by atoms with van der Waals surface area (Å²) in [4.78, 5) is 19.0. The van der Waals surface area contributed by atoms with Crippen LogP contribution < -0.4 is 10.2 Å². The Kier molecular flexibility index (Phi) is 5.12. The summed E-state index contributed by atoms with van der Waals surface area (Å²) in [6.45, 7) is 1.84. The van der Waals surface area contributed by atoms with Crippen molar-refractivity contribution in [2.24, 2.45) is 0 Å². The molecule has 6 heteroatoms. The second-order valence-corrected chi connectivity index (χ2v) is 7.04. The van der Waals surface area contributed by atoms with E-state index in [2.05, 4.69) is 27.3 Å². The van der Waals surface area contributed by atoms with Gasteiger partial charge in [-0.05, 0) is 43.2 Å². The molecule has 27 heavy (non-hydrogen) atoms. The number of amides is 1. The number of aromatic nitrogens is 2. The first-order chi connectivity index (χ1) is 13.2. The molecular weight excluding hydrogens is 360 g/mol. The predicted octanol–water partition coefficient (Wildman–Crippen LogP) is 3.79. The van der Waals surface area contributed by atoms with E-state index in [1.165, 1.54) is 11.8 Å². The molecule has 1 aliphatic rings. The maximum atomic E-state index is 12.4. The molecule has 1 unspecified atom stereocenters. The lowest BCUT2D eigenvalue weighted by molar-refractivity contribution is -0.117. The van der Waals surface area contributed by atoms with Crippen LogP contribution in [0.2, 0.25) is 5.15 Å². The summed E-state index contributed by atoms with van der Waals surface area (Å²) in [7, 11) is 0. The second kappa shape index (κ2) is 7.84. The number of hydrogen-bond acceptors (Lipinski definition) is 3. The van der Waals surface area contributed by atoms with E-state index >= 15 is 0 Å². The van der Waals surface area contributed by atoms with E-state index in [1.54, 1.807) is 6.08 Å². The summed E-state index contributed by atoms with van der Waals surface area (Å²) in [6.07, 6.45) is 7.17. The zero-order valence-corrected chi connectivity index (χ0v) is 15.6. The van der Waals surface area contributed by atoms with Gasteiger partial charge in [-0.15, -0.1) is 0 Å². The molecule has 3 aromatic rings. The molecule has 138 valence electrons. The minimum atomic E-state index is -0.114. The molecule has 0 spiro atoms. The minimum Gasteiger partial charge on any atom is -0.369 e. The van der Waals surface area contributed by atoms with Crippen molar-refractivity contribution in [3.63, 3.8) is 0 Å². The maximum Gasteiger partial charge on any atom is 0.244 e. The molecule has 0 radical (unpaired) electrons. The van der Waals surface area contributed by atoms with Crippen LogP contribution in [0.5, 0.6) is 0 Å². The van der Waals surface area contributed by atoms with E-state index in [9.17, 15) is 4.79 Å². The maximum absolute atomic E-state index is 12.4. The summed E-state index contributed by atoms with van der Waals surface area (Å²) < 4.78 is 1.86. The normalized spacial score (nSPS) is 17.5. The van der Waals surface area contributed by atoms with Crippen LogP contribution in [0, 0.1) is 0 Å². The molecule has 1 aliphatic heterocycles. The average molecular weight is 381 g/mol. The third-order valence-corrected chi connectivity index (χ3v) is 5.08. The first kappa shape index (κ1) is 17.6. The highest BCUT2D eigenvalue weighted by molar-refractivity contribution is 6.31. The number of nitrogens with zero attached hydrogens (tertiary/aromatic N) is 3. The van der Waals surface area contributed by atoms with Gasteiger partial charge in [-0.2, -0.15) is 0 Å². The van der Waals surface area contributed by atoms with Crippen molar-refractivity contribution in [3.8, 4) is 0 Å². The van der Waals surface area contributed by atoms with Gasteiger partial charge in [0.25, 0.3) is 0 Å². The van der Waals surface area contributed by atoms with Crippen molar-refractivity contribution in [2.45, 2.75) is 18.9 Å². The standard InChI is InChI=1S/C21H21ClN4O/c22-21-18(26-14-5-4-10-19(26)24-21)11-12-20(27)23-16-7-6-13-25(15-16)17-8-2-1-3-9-17/h1-5,8-12,14,16H,6-7,13,15H2,(H,23,27)/b12-11+. The lowest BCUT2D eigenvalue weighted by Gasteiger charge is -2.34. The molecule has 1 saturated heterocycles. The number of hydrogen-bond donors (Lipinski definition) is 1. The van der Waals surface area contributed by atoms with E-state index < -0.39 is 0 Å². The molecule has 1 amide bonds. The number of rotatable bonds is 4. The fourth-order valence-corrected chi connectivity index (χ4v) is 3.75. The van der Waals surface area contributed by atoms with Gasteiger partial charge in [0, 0.05) is 37.1 Å². The molecule has 1 N–H and O–H groups in total. The van der Waals surface area contributed by atoms with Crippen LogP contribution in [0.15, 0.2) is 60.8 Å². The number of anilines is 1. The Morgan fingerprint density at radius 3 is 2.85 bits per heavy atom. The predicted molar refractivity (Wildman–Crippen MR) is 109 cm³/mol. The molecule has 0 saturated carbocycles. The van der Waals surface area contributed by atoms with Crippen LogP contribution in [0.4, 0.5) is 5.69 Å². The second-order valence-electron chi connectivity index (χ2n) is 6.68. The van der Waals surface area contributed by atoms with E-state index in [1.807, 2.05) is 47.0 Å². The van der Waals surface area contributed by atoms with Crippen molar-refractivity contribution in [1.29, 1.82) is 0 Å². The number of carbonyl (C=O) groups excluding carboxylic acids is 1. The fraction of sp³-hybridized carbons (Fsp3) is 0.238. The van der Waals surface area contributed by atoms with E-state index in [0.29, 0.717) is 10.8 Å². The van der Waals surface area contributed by atoms with Crippen LogP contribution in [0.3, 0.4) is 0 Å².